The van der Waals surface area contributed by atoms with E-state index < -0.39 is 0 Å². The standard InChI is InChI=1S/C15H14ClNO/c1-10-5-2-3-6-11(10)12-7-4-8-14(16)13(12)9-15(17)18/h2-8H,9H2,1H3,(H2,17,18). The van der Waals surface area contributed by atoms with Crippen molar-refractivity contribution in [2.24, 2.45) is 5.73 Å². The monoisotopic (exact) mass is 259 g/mol. The van der Waals surface area contributed by atoms with Crippen molar-refractivity contribution in [2.45, 2.75) is 13.3 Å². The van der Waals surface area contributed by atoms with E-state index in [-0.39, 0.29) is 12.3 Å². The average Bonchev–Trinajstić information content (AvgIpc) is 2.32. The van der Waals surface area contributed by atoms with Crippen molar-refractivity contribution in [3.8, 4) is 11.1 Å². The SMILES string of the molecule is Cc1ccccc1-c1cccc(Cl)c1CC(N)=O. The minimum absolute atomic E-state index is 0.156. The van der Waals surface area contributed by atoms with Gasteiger partial charge in [-0.1, -0.05) is 48.0 Å². The van der Waals surface area contributed by atoms with Crippen molar-refractivity contribution in [3.05, 3.63) is 58.6 Å². The van der Waals surface area contributed by atoms with Crippen LogP contribution in [-0.4, -0.2) is 5.91 Å². The van der Waals surface area contributed by atoms with Crippen molar-refractivity contribution in [1.29, 1.82) is 0 Å². The summed E-state index contributed by atoms with van der Waals surface area (Å²) < 4.78 is 0. The van der Waals surface area contributed by atoms with Gasteiger partial charge in [0, 0.05) is 5.02 Å². The van der Waals surface area contributed by atoms with Crippen LogP contribution in [0.5, 0.6) is 0 Å². The van der Waals surface area contributed by atoms with E-state index in [9.17, 15) is 4.79 Å². The molecular formula is C15H14ClNO. The molecule has 2 rings (SSSR count). The molecule has 0 radical (unpaired) electrons. The number of primary amides is 1. The van der Waals surface area contributed by atoms with Gasteiger partial charge in [-0.2, -0.15) is 0 Å². The van der Waals surface area contributed by atoms with Crippen LogP contribution in [0, 0.1) is 6.92 Å². The molecule has 2 N–H and O–H groups in total. The number of amides is 1. The molecule has 0 fully saturated rings. The van der Waals surface area contributed by atoms with Crippen molar-refractivity contribution in [1.82, 2.24) is 0 Å². The molecule has 0 atom stereocenters. The molecule has 0 aliphatic carbocycles. The molecule has 2 aromatic carbocycles. The predicted octanol–water partition coefficient (Wildman–Crippen LogP) is 3.34. The average molecular weight is 260 g/mol. The third kappa shape index (κ3) is 2.54. The fourth-order valence-electron chi connectivity index (χ4n) is 2.04. The summed E-state index contributed by atoms with van der Waals surface area (Å²) in [7, 11) is 0. The maximum Gasteiger partial charge on any atom is 0.221 e. The number of hydrogen-bond acceptors (Lipinski definition) is 1. The summed E-state index contributed by atoms with van der Waals surface area (Å²) in [4.78, 5) is 11.2. The molecule has 0 aliphatic rings. The number of aryl methyl sites for hydroxylation is 1. The van der Waals surface area contributed by atoms with Crippen molar-refractivity contribution < 1.29 is 4.79 Å². The Morgan fingerprint density at radius 3 is 2.44 bits per heavy atom. The number of hydrogen-bond donors (Lipinski definition) is 1. The lowest BCUT2D eigenvalue weighted by Crippen LogP contribution is -2.14. The van der Waals surface area contributed by atoms with Gasteiger partial charge in [0.05, 0.1) is 6.42 Å². The summed E-state index contributed by atoms with van der Waals surface area (Å²) >= 11 is 6.17. The minimum Gasteiger partial charge on any atom is -0.369 e. The molecule has 0 spiro atoms. The zero-order valence-electron chi connectivity index (χ0n) is 10.1. The molecule has 0 saturated heterocycles. The van der Waals surface area contributed by atoms with Gasteiger partial charge < -0.3 is 5.73 Å². The van der Waals surface area contributed by atoms with Crippen LogP contribution in [0.4, 0.5) is 0 Å². The van der Waals surface area contributed by atoms with Crippen LogP contribution in [0.15, 0.2) is 42.5 Å². The number of rotatable bonds is 3. The van der Waals surface area contributed by atoms with E-state index in [2.05, 4.69) is 0 Å². The first-order valence-corrected chi connectivity index (χ1v) is 6.09. The van der Waals surface area contributed by atoms with Crippen LogP contribution in [0.1, 0.15) is 11.1 Å². The Morgan fingerprint density at radius 1 is 1.11 bits per heavy atom. The highest BCUT2D eigenvalue weighted by Crippen LogP contribution is 2.31. The fraction of sp³-hybridized carbons (Fsp3) is 0.133. The van der Waals surface area contributed by atoms with Crippen LogP contribution in [0.2, 0.25) is 5.02 Å². The van der Waals surface area contributed by atoms with E-state index in [0.717, 1.165) is 22.3 Å². The topological polar surface area (TPSA) is 43.1 Å². The number of carbonyl (C=O) groups excluding carboxylic acids is 1. The van der Waals surface area contributed by atoms with E-state index in [1.807, 2.05) is 43.3 Å². The van der Waals surface area contributed by atoms with Crippen LogP contribution in [0.25, 0.3) is 11.1 Å². The second-order valence-electron chi connectivity index (χ2n) is 4.22. The summed E-state index contributed by atoms with van der Waals surface area (Å²) in [6, 6.07) is 13.6. The van der Waals surface area contributed by atoms with Gasteiger partial charge >= 0.3 is 0 Å². The first kappa shape index (κ1) is 12.7. The normalized spacial score (nSPS) is 10.3. The quantitative estimate of drug-likeness (QED) is 0.903. The molecule has 0 aliphatic heterocycles. The van der Waals surface area contributed by atoms with E-state index in [4.69, 9.17) is 17.3 Å². The highest BCUT2D eigenvalue weighted by Gasteiger charge is 2.12. The molecular weight excluding hydrogens is 246 g/mol. The van der Waals surface area contributed by atoms with Crippen molar-refractivity contribution in [2.75, 3.05) is 0 Å². The predicted molar refractivity (Wildman–Crippen MR) is 74.5 cm³/mol. The van der Waals surface area contributed by atoms with E-state index in [0.29, 0.717) is 5.02 Å². The largest absolute Gasteiger partial charge is 0.369 e. The van der Waals surface area contributed by atoms with E-state index in [1.54, 1.807) is 6.07 Å². The molecule has 0 saturated carbocycles. The molecule has 92 valence electrons. The van der Waals surface area contributed by atoms with Crippen LogP contribution in [-0.2, 0) is 11.2 Å². The Bertz CT molecular complexity index is 593. The third-order valence-corrected chi connectivity index (χ3v) is 3.26. The Balaban J connectivity index is 2.61. The molecule has 2 aromatic rings. The zero-order chi connectivity index (χ0) is 13.1. The first-order valence-electron chi connectivity index (χ1n) is 5.71. The third-order valence-electron chi connectivity index (χ3n) is 2.91. The Labute approximate surface area is 111 Å². The Hall–Kier alpha value is -1.80. The summed E-state index contributed by atoms with van der Waals surface area (Å²) in [5, 5.41) is 0.578. The van der Waals surface area contributed by atoms with Crippen molar-refractivity contribution >= 4 is 17.5 Å². The number of carbonyl (C=O) groups is 1. The minimum atomic E-state index is -0.377. The van der Waals surface area contributed by atoms with Gasteiger partial charge in [0.25, 0.3) is 0 Å². The summed E-state index contributed by atoms with van der Waals surface area (Å²) in [5.41, 5.74) is 9.27. The van der Waals surface area contributed by atoms with Gasteiger partial charge in [-0.15, -0.1) is 0 Å². The molecule has 0 bridgehead atoms. The van der Waals surface area contributed by atoms with E-state index >= 15 is 0 Å². The maximum atomic E-state index is 11.2. The lowest BCUT2D eigenvalue weighted by atomic mass is 9.94. The molecule has 0 aromatic heterocycles. The molecule has 3 heteroatoms. The van der Waals surface area contributed by atoms with Gasteiger partial charge in [-0.05, 0) is 35.2 Å². The molecule has 0 unspecified atom stereocenters. The number of nitrogens with two attached hydrogens (primary N) is 1. The van der Waals surface area contributed by atoms with Crippen LogP contribution in [0.3, 0.4) is 0 Å². The molecule has 1 amide bonds. The zero-order valence-corrected chi connectivity index (χ0v) is 10.9. The van der Waals surface area contributed by atoms with Crippen molar-refractivity contribution in [3.63, 3.8) is 0 Å². The van der Waals surface area contributed by atoms with Gasteiger partial charge in [0.15, 0.2) is 0 Å². The van der Waals surface area contributed by atoms with Gasteiger partial charge in [-0.25, -0.2) is 0 Å². The highest BCUT2D eigenvalue weighted by molar-refractivity contribution is 6.32. The molecule has 0 heterocycles. The van der Waals surface area contributed by atoms with Crippen LogP contribution >= 0.6 is 11.6 Å². The second-order valence-corrected chi connectivity index (χ2v) is 4.63. The lowest BCUT2D eigenvalue weighted by molar-refractivity contribution is -0.117. The number of benzene rings is 2. The Morgan fingerprint density at radius 2 is 1.78 bits per heavy atom. The molecule has 2 nitrogen and oxygen atoms in total. The summed E-state index contributed by atoms with van der Waals surface area (Å²) in [5.74, 6) is -0.377. The second kappa shape index (κ2) is 5.23. The molecule has 18 heavy (non-hydrogen) atoms. The fourth-order valence-corrected chi connectivity index (χ4v) is 2.28. The van der Waals surface area contributed by atoms with Gasteiger partial charge in [0.2, 0.25) is 5.91 Å². The summed E-state index contributed by atoms with van der Waals surface area (Å²) in [6.07, 6.45) is 0.156. The smallest absolute Gasteiger partial charge is 0.221 e. The summed E-state index contributed by atoms with van der Waals surface area (Å²) in [6.45, 7) is 2.03. The van der Waals surface area contributed by atoms with Gasteiger partial charge in [-0.3, -0.25) is 4.79 Å². The van der Waals surface area contributed by atoms with E-state index in [1.165, 1.54) is 0 Å². The highest BCUT2D eigenvalue weighted by atomic mass is 35.5. The maximum absolute atomic E-state index is 11.2. The van der Waals surface area contributed by atoms with Gasteiger partial charge in [0.1, 0.15) is 0 Å². The lowest BCUT2D eigenvalue weighted by Gasteiger charge is -2.12. The van der Waals surface area contributed by atoms with Crippen LogP contribution < -0.4 is 5.73 Å². The number of halogens is 1. The first-order chi connectivity index (χ1) is 8.59. The Kier molecular flexibility index (Phi) is 3.68.